The summed E-state index contributed by atoms with van der Waals surface area (Å²) in [5, 5.41) is 3.27. The first-order valence-electron chi connectivity index (χ1n) is 8.72. The lowest BCUT2D eigenvalue weighted by Crippen LogP contribution is -2.16. The summed E-state index contributed by atoms with van der Waals surface area (Å²) in [4.78, 5) is 25.9. The molecule has 144 valence electrons. The zero-order valence-corrected chi connectivity index (χ0v) is 16.7. The minimum atomic E-state index is -0.503. The van der Waals surface area contributed by atoms with E-state index in [9.17, 15) is 14.0 Å². The molecule has 3 aromatic rings. The molecule has 1 amide bonds. The normalized spacial score (nSPS) is 10.6. The second-order valence-corrected chi connectivity index (χ2v) is 7.67. The van der Waals surface area contributed by atoms with Gasteiger partial charge in [0.1, 0.15) is 16.4 Å². The number of thiophene rings is 1. The van der Waals surface area contributed by atoms with Crippen molar-refractivity contribution in [3.05, 3.63) is 75.9 Å². The predicted molar refractivity (Wildman–Crippen MR) is 109 cm³/mol. The van der Waals surface area contributed by atoms with Crippen LogP contribution in [-0.2, 0) is 16.0 Å². The number of carbonyl (C=O) groups is 2. The second-order valence-electron chi connectivity index (χ2n) is 6.45. The average Bonchev–Trinajstić information content (AvgIpc) is 2.99. The molecule has 0 bridgehead atoms. The quantitative estimate of drug-likeness (QED) is 0.607. The average molecular weight is 397 g/mol. The molecule has 0 aliphatic carbocycles. The number of esters is 1. The van der Waals surface area contributed by atoms with E-state index in [1.54, 1.807) is 12.1 Å². The lowest BCUT2D eigenvalue weighted by atomic mass is 10.0. The van der Waals surface area contributed by atoms with Crippen LogP contribution < -0.4 is 5.32 Å². The van der Waals surface area contributed by atoms with Gasteiger partial charge in [0.05, 0.1) is 13.5 Å². The monoisotopic (exact) mass is 397 g/mol. The van der Waals surface area contributed by atoms with Crippen molar-refractivity contribution < 1.29 is 18.7 Å². The predicted octanol–water partition coefficient (Wildman–Crippen LogP) is 5.14. The summed E-state index contributed by atoms with van der Waals surface area (Å²) in [6, 6.07) is 13.6. The van der Waals surface area contributed by atoms with Crippen molar-refractivity contribution in [1.29, 1.82) is 0 Å². The van der Waals surface area contributed by atoms with Gasteiger partial charge in [-0.1, -0.05) is 42.0 Å². The van der Waals surface area contributed by atoms with Gasteiger partial charge in [-0.25, -0.2) is 9.18 Å². The summed E-state index contributed by atoms with van der Waals surface area (Å²) in [5.41, 5.74) is 3.80. The van der Waals surface area contributed by atoms with Crippen LogP contribution in [0.1, 0.15) is 26.4 Å². The van der Waals surface area contributed by atoms with Crippen LogP contribution in [0.2, 0.25) is 0 Å². The fourth-order valence-electron chi connectivity index (χ4n) is 2.96. The van der Waals surface area contributed by atoms with Gasteiger partial charge in [-0.15, -0.1) is 11.3 Å². The third-order valence-electron chi connectivity index (χ3n) is 4.34. The molecule has 0 saturated carbocycles. The molecule has 0 aliphatic rings. The third-order valence-corrected chi connectivity index (χ3v) is 5.37. The van der Waals surface area contributed by atoms with Crippen LogP contribution in [0.3, 0.4) is 0 Å². The Bertz CT molecular complexity index is 1010. The highest BCUT2D eigenvalue weighted by atomic mass is 32.1. The Morgan fingerprint density at radius 2 is 1.68 bits per heavy atom. The minimum absolute atomic E-state index is 0.0811. The molecule has 2 aromatic carbocycles. The van der Waals surface area contributed by atoms with Crippen LogP contribution in [0.5, 0.6) is 0 Å². The molecule has 0 aliphatic heterocycles. The highest BCUT2D eigenvalue weighted by Gasteiger charge is 2.25. The molecule has 0 saturated heterocycles. The van der Waals surface area contributed by atoms with Crippen LogP contribution in [0.15, 0.2) is 48.5 Å². The molecule has 0 unspecified atom stereocenters. The van der Waals surface area contributed by atoms with Gasteiger partial charge in [0.25, 0.3) is 0 Å². The summed E-state index contributed by atoms with van der Waals surface area (Å²) in [7, 11) is 1.32. The molecule has 1 aromatic heterocycles. The van der Waals surface area contributed by atoms with Crippen molar-refractivity contribution in [3.8, 4) is 11.1 Å². The molecular formula is C22H20FNO3S. The van der Waals surface area contributed by atoms with Gasteiger partial charge in [-0.3, -0.25) is 4.79 Å². The Labute approximate surface area is 167 Å². The van der Waals surface area contributed by atoms with Gasteiger partial charge in [-0.05, 0) is 37.1 Å². The number of aryl methyl sites for hydroxylation is 2. The van der Waals surface area contributed by atoms with Crippen LogP contribution in [0, 0.1) is 19.7 Å². The third kappa shape index (κ3) is 4.28. The number of methoxy groups -OCH3 is 1. The molecule has 1 heterocycles. The lowest BCUT2D eigenvalue weighted by Gasteiger charge is -2.08. The minimum Gasteiger partial charge on any atom is -0.465 e. The molecule has 0 spiro atoms. The topological polar surface area (TPSA) is 55.4 Å². The van der Waals surface area contributed by atoms with Gasteiger partial charge >= 0.3 is 5.97 Å². The molecule has 28 heavy (non-hydrogen) atoms. The second kappa shape index (κ2) is 8.35. The molecule has 0 radical (unpaired) electrons. The zero-order chi connectivity index (χ0) is 20.3. The van der Waals surface area contributed by atoms with E-state index < -0.39 is 5.97 Å². The Hall–Kier alpha value is -2.99. The van der Waals surface area contributed by atoms with Crippen LogP contribution in [0.4, 0.5) is 9.39 Å². The van der Waals surface area contributed by atoms with Gasteiger partial charge in [-0.2, -0.15) is 0 Å². The maximum Gasteiger partial charge on any atom is 0.341 e. The first-order valence-corrected chi connectivity index (χ1v) is 9.53. The molecule has 0 fully saturated rings. The SMILES string of the molecule is COC(=O)c1c(NC(=O)Cc2ccc(F)cc2)sc(C)c1-c1ccc(C)cc1. The largest absolute Gasteiger partial charge is 0.465 e. The molecular weight excluding hydrogens is 377 g/mol. The number of benzene rings is 2. The number of carbonyl (C=O) groups excluding carboxylic acids is 2. The lowest BCUT2D eigenvalue weighted by molar-refractivity contribution is -0.115. The summed E-state index contributed by atoms with van der Waals surface area (Å²) in [6.07, 6.45) is 0.0811. The summed E-state index contributed by atoms with van der Waals surface area (Å²) >= 11 is 1.33. The highest BCUT2D eigenvalue weighted by Crippen LogP contribution is 2.40. The number of rotatable bonds is 5. The van der Waals surface area contributed by atoms with Crippen molar-refractivity contribution in [3.63, 3.8) is 0 Å². The molecule has 6 heteroatoms. The molecule has 4 nitrogen and oxygen atoms in total. The summed E-state index contributed by atoms with van der Waals surface area (Å²) in [6.45, 7) is 3.90. The number of hydrogen-bond acceptors (Lipinski definition) is 4. The highest BCUT2D eigenvalue weighted by molar-refractivity contribution is 7.17. The van der Waals surface area contributed by atoms with Gasteiger partial charge < -0.3 is 10.1 Å². The smallest absolute Gasteiger partial charge is 0.341 e. The fraction of sp³-hybridized carbons (Fsp3) is 0.182. The van der Waals surface area contributed by atoms with Crippen molar-refractivity contribution in [2.75, 3.05) is 12.4 Å². The van der Waals surface area contributed by atoms with Crippen molar-refractivity contribution in [1.82, 2.24) is 0 Å². The van der Waals surface area contributed by atoms with Crippen molar-refractivity contribution >= 4 is 28.2 Å². The fourth-order valence-corrected chi connectivity index (χ4v) is 4.04. The van der Waals surface area contributed by atoms with E-state index in [2.05, 4.69) is 5.32 Å². The number of halogens is 1. The van der Waals surface area contributed by atoms with E-state index in [4.69, 9.17) is 4.74 Å². The maximum absolute atomic E-state index is 13.0. The number of hydrogen-bond donors (Lipinski definition) is 1. The summed E-state index contributed by atoms with van der Waals surface area (Å²) in [5.74, 6) is -1.14. The maximum atomic E-state index is 13.0. The van der Waals surface area contributed by atoms with Crippen LogP contribution >= 0.6 is 11.3 Å². The van der Waals surface area contributed by atoms with Gasteiger partial charge in [0.15, 0.2) is 0 Å². The van der Waals surface area contributed by atoms with Crippen molar-refractivity contribution in [2.24, 2.45) is 0 Å². The Balaban J connectivity index is 1.93. The zero-order valence-electron chi connectivity index (χ0n) is 15.8. The number of ether oxygens (including phenoxy) is 1. The van der Waals surface area contributed by atoms with E-state index in [0.717, 1.165) is 21.6 Å². The first kappa shape index (κ1) is 19.8. The van der Waals surface area contributed by atoms with E-state index in [-0.39, 0.29) is 18.1 Å². The standard InChI is InChI=1S/C22H20FNO3S/c1-13-4-8-16(9-5-13)19-14(2)28-21(20(19)22(26)27-3)24-18(25)12-15-6-10-17(23)11-7-15/h4-11H,12H2,1-3H3,(H,24,25). The Kier molecular flexibility index (Phi) is 5.90. The van der Waals surface area contributed by atoms with E-state index in [1.807, 2.05) is 38.1 Å². The van der Waals surface area contributed by atoms with Crippen molar-refractivity contribution in [2.45, 2.75) is 20.3 Å². The van der Waals surface area contributed by atoms with E-state index in [1.165, 1.54) is 30.6 Å². The van der Waals surface area contributed by atoms with E-state index >= 15 is 0 Å². The number of amides is 1. The summed E-state index contributed by atoms with van der Waals surface area (Å²) < 4.78 is 18.0. The van der Waals surface area contributed by atoms with E-state index in [0.29, 0.717) is 16.1 Å². The van der Waals surface area contributed by atoms with Crippen LogP contribution in [-0.4, -0.2) is 19.0 Å². The first-order chi connectivity index (χ1) is 13.4. The number of nitrogens with one attached hydrogen (secondary N) is 1. The Morgan fingerprint density at radius 3 is 2.29 bits per heavy atom. The number of anilines is 1. The van der Waals surface area contributed by atoms with Gasteiger partial charge in [0.2, 0.25) is 5.91 Å². The van der Waals surface area contributed by atoms with Crippen LogP contribution in [0.25, 0.3) is 11.1 Å². The van der Waals surface area contributed by atoms with Gasteiger partial charge in [0, 0.05) is 10.4 Å². The molecule has 0 atom stereocenters. The molecule has 3 rings (SSSR count). The Morgan fingerprint density at radius 1 is 1.04 bits per heavy atom. The molecule has 1 N–H and O–H groups in total.